The first-order valence-corrected chi connectivity index (χ1v) is 11.7. The number of rotatable bonds is 6. The molecule has 0 bridgehead atoms. The number of hydrazone groups is 1. The summed E-state index contributed by atoms with van der Waals surface area (Å²) in [5.74, 6) is -0.410. The SMILES string of the molecule is CSc1ccc(/C=N\NC(=O)C2CCN(S(=O)(=O)c3ccccc3)CC2)cc1. The second-order valence-electron chi connectivity index (χ2n) is 6.50. The van der Waals surface area contributed by atoms with Crippen LogP contribution in [0, 0.1) is 5.92 Å². The highest BCUT2D eigenvalue weighted by Crippen LogP contribution is 2.23. The Balaban J connectivity index is 1.51. The van der Waals surface area contributed by atoms with Crippen LogP contribution in [0.4, 0.5) is 0 Å². The molecule has 0 atom stereocenters. The van der Waals surface area contributed by atoms with Crippen LogP contribution < -0.4 is 5.43 Å². The van der Waals surface area contributed by atoms with Gasteiger partial charge in [-0.05, 0) is 48.9 Å². The van der Waals surface area contributed by atoms with Crippen LogP contribution in [-0.2, 0) is 14.8 Å². The highest BCUT2D eigenvalue weighted by atomic mass is 32.2. The topological polar surface area (TPSA) is 78.8 Å². The molecular weight excluding hydrogens is 394 g/mol. The molecule has 8 heteroatoms. The minimum atomic E-state index is -3.50. The van der Waals surface area contributed by atoms with Gasteiger partial charge >= 0.3 is 0 Å². The maximum absolute atomic E-state index is 12.6. The van der Waals surface area contributed by atoms with Crippen LogP contribution in [0.5, 0.6) is 0 Å². The molecule has 0 aromatic heterocycles. The summed E-state index contributed by atoms with van der Waals surface area (Å²) in [4.78, 5) is 13.8. The lowest BCUT2D eigenvalue weighted by molar-refractivity contribution is -0.126. The van der Waals surface area contributed by atoms with Crippen molar-refractivity contribution in [2.45, 2.75) is 22.6 Å². The molecule has 0 radical (unpaired) electrons. The van der Waals surface area contributed by atoms with Gasteiger partial charge in [0, 0.05) is 23.9 Å². The third kappa shape index (κ3) is 5.01. The van der Waals surface area contributed by atoms with E-state index in [1.807, 2.05) is 30.5 Å². The first-order valence-electron chi connectivity index (χ1n) is 9.03. The van der Waals surface area contributed by atoms with Crippen molar-refractivity contribution in [2.24, 2.45) is 11.0 Å². The number of amides is 1. The van der Waals surface area contributed by atoms with Gasteiger partial charge in [0.2, 0.25) is 15.9 Å². The maximum atomic E-state index is 12.6. The molecule has 2 aromatic carbocycles. The lowest BCUT2D eigenvalue weighted by atomic mass is 9.98. The highest BCUT2D eigenvalue weighted by molar-refractivity contribution is 7.98. The second kappa shape index (κ2) is 9.36. The Bertz CT molecular complexity index is 921. The third-order valence-corrected chi connectivity index (χ3v) is 7.37. The van der Waals surface area contributed by atoms with Crippen LogP contribution in [0.15, 0.2) is 69.5 Å². The van der Waals surface area contributed by atoms with Crippen LogP contribution in [0.3, 0.4) is 0 Å². The fourth-order valence-electron chi connectivity index (χ4n) is 3.05. The van der Waals surface area contributed by atoms with Crippen molar-refractivity contribution in [1.29, 1.82) is 0 Å². The molecular formula is C20H23N3O3S2. The molecule has 0 saturated carbocycles. The molecule has 3 rings (SSSR count). The minimum absolute atomic E-state index is 0.172. The van der Waals surface area contributed by atoms with Crippen LogP contribution in [0.2, 0.25) is 0 Å². The summed E-state index contributed by atoms with van der Waals surface area (Å²) in [5, 5.41) is 4.02. The van der Waals surface area contributed by atoms with E-state index in [4.69, 9.17) is 0 Å². The zero-order valence-corrected chi connectivity index (χ0v) is 17.2. The molecule has 0 unspecified atom stereocenters. The number of carbonyl (C=O) groups excluding carboxylic acids is 1. The number of piperidine rings is 1. The standard InChI is InChI=1S/C20H23N3O3S2/c1-27-18-9-7-16(8-10-18)15-21-22-20(24)17-11-13-23(14-12-17)28(25,26)19-5-3-2-4-6-19/h2-10,15,17H,11-14H2,1H3,(H,22,24)/b21-15-. The fourth-order valence-corrected chi connectivity index (χ4v) is 4.95. The van der Waals surface area contributed by atoms with Gasteiger partial charge < -0.3 is 0 Å². The Labute approximate surface area is 170 Å². The average Bonchev–Trinajstić information content (AvgIpc) is 2.75. The molecule has 1 amide bonds. The van der Waals surface area contributed by atoms with Gasteiger partial charge in [0.1, 0.15) is 0 Å². The van der Waals surface area contributed by atoms with Crippen molar-refractivity contribution >= 4 is 33.9 Å². The van der Waals surface area contributed by atoms with E-state index in [9.17, 15) is 13.2 Å². The van der Waals surface area contributed by atoms with Gasteiger partial charge in [0.25, 0.3) is 0 Å². The van der Waals surface area contributed by atoms with Crippen molar-refractivity contribution in [3.05, 3.63) is 60.2 Å². The van der Waals surface area contributed by atoms with Gasteiger partial charge in [-0.3, -0.25) is 4.79 Å². The van der Waals surface area contributed by atoms with Crippen LogP contribution in [0.1, 0.15) is 18.4 Å². The quantitative estimate of drug-likeness (QED) is 0.445. The average molecular weight is 418 g/mol. The summed E-state index contributed by atoms with van der Waals surface area (Å²) in [6, 6.07) is 16.3. The number of hydrogen-bond acceptors (Lipinski definition) is 5. The Morgan fingerprint density at radius 3 is 2.36 bits per heavy atom. The minimum Gasteiger partial charge on any atom is -0.273 e. The Hall–Kier alpha value is -2.16. The van der Waals surface area contributed by atoms with Crippen LogP contribution in [0.25, 0.3) is 0 Å². The predicted molar refractivity (Wildman–Crippen MR) is 112 cm³/mol. The Kier molecular flexibility index (Phi) is 6.88. The largest absolute Gasteiger partial charge is 0.273 e. The lowest BCUT2D eigenvalue weighted by Gasteiger charge is -2.30. The van der Waals surface area contributed by atoms with E-state index in [1.54, 1.807) is 48.3 Å². The third-order valence-electron chi connectivity index (χ3n) is 4.71. The van der Waals surface area contributed by atoms with Crippen molar-refractivity contribution < 1.29 is 13.2 Å². The molecule has 1 aliphatic heterocycles. The van der Waals surface area contributed by atoms with Gasteiger partial charge in [-0.1, -0.05) is 30.3 Å². The monoisotopic (exact) mass is 417 g/mol. The van der Waals surface area contributed by atoms with Crippen molar-refractivity contribution in [2.75, 3.05) is 19.3 Å². The van der Waals surface area contributed by atoms with E-state index in [2.05, 4.69) is 10.5 Å². The molecule has 2 aromatic rings. The number of thioether (sulfide) groups is 1. The number of sulfonamides is 1. The molecule has 6 nitrogen and oxygen atoms in total. The molecule has 148 valence electrons. The van der Waals surface area contributed by atoms with Crippen molar-refractivity contribution in [3.8, 4) is 0 Å². The summed E-state index contributed by atoms with van der Waals surface area (Å²) < 4.78 is 26.7. The summed E-state index contributed by atoms with van der Waals surface area (Å²) in [5.41, 5.74) is 3.48. The summed E-state index contributed by atoms with van der Waals surface area (Å²) in [6.45, 7) is 0.657. The Morgan fingerprint density at radius 2 is 1.75 bits per heavy atom. The number of carbonyl (C=O) groups is 1. The summed E-state index contributed by atoms with van der Waals surface area (Å²) in [6.07, 6.45) is 4.59. The Morgan fingerprint density at radius 1 is 1.11 bits per heavy atom. The molecule has 1 aliphatic rings. The number of benzene rings is 2. The number of nitrogens with one attached hydrogen (secondary N) is 1. The van der Waals surface area contributed by atoms with Gasteiger partial charge in [0.15, 0.2) is 0 Å². The van der Waals surface area contributed by atoms with Crippen molar-refractivity contribution in [1.82, 2.24) is 9.73 Å². The van der Waals surface area contributed by atoms with E-state index < -0.39 is 10.0 Å². The van der Waals surface area contributed by atoms with Crippen LogP contribution in [-0.4, -0.2) is 44.2 Å². The molecule has 28 heavy (non-hydrogen) atoms. The molecule has 0 aliphatic carbocycles. The normalized spacial score (nSPS) is 16.3. The van der Waals surface area contributed by atoms with Gasteiger partial charge in [-0.25, -0.2) is 13.8 Å². The molecule has 1 saturated heterocycles. The predicted octanol–water partition coefficient (Wildman–Crippen LogP) is 2.96. The van der Waals surface area contributed by atoms with E-state index in [-0.39, 0.29) is 16.7 Å². The van der Waals surface area contributed by atoms with Crippen molar-refractivity contribution in [3.63, 3.8) is 0 Å². The lowest BCUT2D eigenvalue weighted by Crippen LogP contribution is -2.42. The summed E-state index contributed by atoms with van der Waals surface area (Å²) in [7, 11) is -3.50. The second-order valence-corrected chi connectivity index (χ2v) is 9.32. The van der Waals surface area contributed by atoms with Gasteiger partial charge in [-0.15, -0.1) is 11.8 Å². The molecule has 1 fully saturated rings. The number of hydrogen-bond donors (Lipinski definition) is 1. The zero-order valence-electron chi connectivity index (χ0n) is 15.6. The zero-order chi connectivity index (χ0) is 20.0. The molecule has 1 heterocycles. The molecule has 0 spiro atoms. The first-order chi connectivity index (χ1) is 13.5. The first kappa shape index (κ1) is 20.6. The highest BCUT2D eigenvalue weighted by Gasteiger charge is 2.31. The maximum Gasteiger partial charge on any atom is 0.243 e. The summed E-state index contributed by atoms with van der Waals surface area (Å²) >= 11 is 1.66. The van der Waals surface area contributed by atoms with E-state index >= 15 is 0 Å². The van der Waals surface area contributed by atoms with Gasteiger partial charge in [-0.2, -0.15) is 9.41 Å². The van der Waals surface area contributed by atoms with E-state index in [1.165, 1.54) is 9.20 Å². The molecule has 1 N–H and O–H groups in total. The van der Waals surface area contributed by atoms with Crippen LogP contribution >= 0.6 is 11.8 Å². The van der Waals surface area contributed by atoms with E-state index in [0.29, 0.717) is 25.9 Å². The smallest absolute Gasteiger partial charge is 0.243 e. The van der Waals surface area contributed by atoms with Gasteiger partial charge in [0.05, 0.1) is 11.1 Å². The van der Waals surface area contributed by atoms with E-state index in [0.717, 1.165) is 5.56 Å². The number of nitrogens with zero attached hydrogens (tertiary/aromatic N) is 2. The fraction of sp³-hybridized carbons (Fsp3) is 0.300.